The highest BCUT2D eigenvalue weighted by molar-refractivity contribution is 5.97. The molecule has 0 aliphatic carbocycles. The van der Waals surface area contributed by atoms with Crippen LogP contribution in [0, 0.1) is 13.8 Å². The van der Waals surface area contributed by atoms with Crippen LogP contribution in [-0.2, 0) is 9.53 Å². The van der Waals surface area contributed by atoms with Gasteiger partial charge >= 0.3 is 5.97 Å². The Morgan fingerprint density at radius 2 is 1.85 bits per heavy atom. The lowest BCUT2D eigenvalue weighted by Gasteiger charge is -2.14. The average molecular weight is 350 g/mol. The molecule has 5 nitrogen and oxygen atoms in total. The first-order chi connectivity index (χ1) is 12.4. The maximum atomic E-state index is 12.2. The van der Waals surface area contributed by atoms with Gasteiger partial charge in [0.25, 0.3) is 5.91 Å². The van der Waals surface area contributed by atoms with Crippen molar-refractivity contribution < 1.29 is 14.3 Å². The maximum Gasteiger partial charge on any atom is 0.355 e. The van der Waals surface area contributed by atoms with E-state index in [4.69, 9.17) is 4.74 Å². The Labute approximate surface area is 152 Å². The summed E-state index contributed by atoms with van der Waals surface area (Å²) >= 11 is 0. The molecule has 5 heteroatoms. The Kier molecular flexibility index (Phi) is 5.07. The third kappa shape index (κ3) is 3.94. The van der Waals surface area contributed by atoms with E-state index >= 15 is 0 Å². The zero-order valence-electron chi connectivity index (χ0n) is 15.1. The Morgan fingerprint density at radius 1 is 1.12 bits per heavy atom. The Hall–Kier alpha value is -3.08. The van der Waals surface area contributed by atoms with Gasteiger partial charge in [-0.2, -0.15) is 0 Å². The van der Waals surface area contributed by atoms with Crippen LogP contribution in [0.5, 0.6) is 0 Å². The van der Waals surface area contributed by atoms with Gasteiger partial charge in [0, 0.05) is 10.9 Å². The van der Waals surface area contributed by atoms with E-state index in [0.29, 0.717) is 5.69 Å². The number of esters is 1. The van der Waals surface area contributed by atoms with Gasteiger partial charge in [0.15, 0.2) is 6.61 Å². The predicted molar refractivity (Wildman–Crippen MR) is 101 cm³/mol. The lowest BCUT2D eigenvalue weighted by atomic mass is 10.1. The largest absolute Gasteiger partial charge is 0.451 e. The number of nitrogens with one attached hydrogen (secondary N) is 2. The van der Waals surface area contributed by atoms with Gasteiger partial charge < -0.3 is 15.0 Å². The molecule has 0 radical (unpaired) electrons. The molecule has 2 aromatic carbocycles. The van der Waals surface area contributed by atoms with Crippen molar-refractivity contribution in [1.29, 1.82) is 0 Å². The van der Waals surface area contributed by atoms with Gasteiger partial charge in [-0.15, -0.1) is 0 Å². The molecule has 1 amide bonds. The molecule has 3 aromatic rings. The number of hydrogen-bond donors (Lipinski definition) is 2. The molecule has 0 fully saturated rings. The van der Waals surface area contributed by atoms with Crippen LogP contribution in [-0.4, -0.2) is 23.5 Å². The van der Waals surface area contributed by atoms with E-state index in [-0.39, 0.29) is 18.6 Å². The number of aromatic amines is 1. The molecule has 1 unspecified atom stereocenters. The molecule has 1 heterocycles. The van der Waals surface area contributed by atoms with Crippen LogP contribution < -0.4 is 5.32 Å². The van der Waals surface area contributed by atoms with Crippen molar-refractivity contribution in [2.45, 2.75) is 26.8 Å². The summed E-state index contributed by atoms with van der Waals surface area (Å²) in [6.45, 7) is 5.57. The van der Waals surface area contributed by atoms with Gasteiger partial charge in [-0.3, -0.25) is 4.79 Å². The number of carbonyl (C=O) groups is 2. The van der Waals surface area contributed by atoms with Crippen molar-refractivity contribution in [3.63, 3.8) is 0 Å². The quantitative estimate of drug-likeness (QED) is 0.687. The molecule has 0 aliphatic heterocycles. The third-order valence-electron chi connectivity index (χ3n) is 4.32. The van der Waals surface area contributed by atoms with E-state index in [1.807, 2.05) is 57.2 Å². The lowest BCUT2D eigenvalue weighted by Crippen LogP contribution is -2.31. The number of aryl methyl sites for hydroxylation is 2. The number of hydrogen-bond acceptors (Lipinski definition) is 3. The first-order valence-electron chi connectivity index (χ1n) is 8.55. The Balaban J connectivity index is 1.60. The van der Waals surface area contributed by atoms with Crippen molar-refractivity contribution in [3.8, 4) is 0 Å². The summed E-state index contributed by atoms with van der Waals surface area (Å²) in [6.07, 6.45) is 0. The molecule has 26 heavy (non-hydrogen) atoms. The second-order valence-electron chi connectivity index (χ2n) is 6.50. The number of rotatable bonds is 5. The fourth-order valence-corrected chi connectivity index (χ4v) is 3.03. The van der Waals surface area contributed by atoms with Crippen LogP contribution in [0.2, 0.25) is 0 Å². The number of carbonyl (C=O) groups excluding carboxylic acids is 2. The molecule has 2 N–H and O–H groups in total. The molecule has 0 aliphatic rings. The first kappa shape index (κ1) is 17.7. The monoisotopic (exact) mass is 350 g/mol. The highest BCUT2D eigenvalue weighted by atomic mass is 16.5. The molecular weight excluding hydrogens is 328 g/mol. The van der Waals surface area contributed by atoms with Crippen LogP contribution in [0.25, 0.3) is 10.9 Å². The first-order valence-corrected chi connectivity index (χ1v) is 8.55. The van der Waals surface area contributed by atoms with E-state index in [0.717, 1.165) is 27.6 Å². The van der Waals surface area contributed by atoms with Gasteiger partial charge in [0.2, 0.25) is 0 Å². The molecule has 0 bridgehead atoms. The molecular formula is C21H22N2O3. The van der Waals surface area contributed by atoms with Crippen LogP contribution >= 0.6 is 0 Å². The summed E-state index contributed by atoms with van der Waals surface area (Å²) in [5.74, 6) is -0.876. The highest BCUT2D eigenvalue weighted by Gasteiger charge is 2.15. The van der Waals surface area contributed by atoms with Gasteiger partial charge in [-0.25, -0.2) is 4.79 Å². The van der Waals surface area contributed by atoms with E-state index in [1.165, 1.54) is 0 Å². The number of H-pyrrole nitrogens is 1. The van der Waals surface area contributed by atoms with Crippen molar-refractivity contribution in [2.24, 2.45) is 0 Å². The zero-order valence-corrected chi connectivity index (χ0v) is 15.1. The standard InChI is InChI=1S/C21H22N2O3/c1-13-9-14(2)17-11-19(23-18(17)10-13)21(25)26-12-20(24)22-15(3)16-7-5-4-6-8-16/h4-11,15,23H,12H2,1-3H3,(H,22,24). The second-order valence-corrected chi connectivity index (χ2v) is 6.50. The molecule has 1 aromatic heterocycles. The van der Waals surface area contributed by atoms with Crippen LogP contribution in [0.4, 0.5) is 0 Å². The topological polar surface area (TPSA) is 71.2 Å². The van der Waals surface area contributed by atoms with E-state index in [1.54, 1.807) is 6.07 Å². The Bertz CT molecular complexity index is 945. The van der Waals surface area contributed by atoms with Gasteiger partial charge in [-0.1, -0.05) is 36.4 Å². The number of ether oxygens (including phenoxy) is 1. The normalized spacial score (nSPS) is 12.0. The van der Waals surface area contributed by atoms with E-state index in [2.05, 4.69) is 16.4 Å². The summed E-state index contributed by atoms with van der Waals surface area (Å²) in [4.78, 5) is 27.3. The van der Waals surface area contributed by atoms with Crippen LogP contribution in [0.1, 0.15) is 40.1 Å². The molecule has 134 valence electrons. The van der Waals surface area contributed by atoms with Crippen molar-refractivity contribution in [1.82, 2.24) is 10.3 Å². The highest BCUT2D eigenvalue weighted by Crippen LogP contribution is 2.21. The fraction of sp³-hybridized carbons (Fsp3) is 0.238. The maximum absolute atomic E-state index is 12.2. The van der Waals surface area contributed by atoms with Gasteiger partial charge in [0.05, 0.1) is 6.04 Å². The molecule has 0 saturated heterocycles. The number of fused-ring (bicyclic) bond motifs is 1. The average Bonchev–Trinajstić information content (AvgIpc) is 3.05. The van der Waals surface area contributed by atoms with Gasteiger partial charge in [-0.05, 0) is 49.6 Å². The number of benzene rings is 2. The number of aromatic nitrogens is 1. The summed E-state index contributed by atoms with van der Waals surface area (Å²) in [7, 11) is 0. The molecule has 0 spiro atoms. The van der Waals surface area contributed by atoms with Crippen molar-refractivity contribution in [3.05, 3.63) is 70.9 Å². The zero-order chi connectivity index (χ0) is 18.7. The summed E-state index contributed by atoms with van der Waals surface area (Å²) in [5.41, 5.74) is 4.43. The minimum Gasteiger partial charge on any atom is -0.451 e. The van der Waals surface area contributed by atoms with E-state index in [9.17, 15) is 9.59 Å². The van der Waals surface area contributed by atoms with Crippen molar-refractivity contribution >= 4 is 22.8 Å². The molecule has 3 rings (SSSR count). The fourth-order valence-electron chi connectivity index (χ4n) is 3.03. The van der Waals surface area contributed by atoms with E-state index < -0.39 is 5.97 Å². The minimum absolute atomic E-state index is 0.152. The third-order valence-corrected chi connectivity index (χ3v) is 4.32. The summed E-state index contributed by atoms with van der Waals surface area (Å²) < 4.78 is 5.14. The summed E-state index contributed by atoms with van der Waals surface area (Å²) in [6, 6.07) is 15.3. The Morgan fingerprint density at radius 3 is 2.58 bits per heavy atom. The van der Waals surface area contributed by atoms with Crippen LogP contribution in [0.15, 0.2) is 48.5 Å². The second kappa shape index (κ2) is 7.44. The number of amides is 1. The smallest absolute Gasteiger partial charge is 0.355 e. The van der Waals surface area contributed by atoms with Crippen molar-refractivity contribution in [2.75, 3.05) is 6.61 Å². The van der Waals surface area contributed by atoms with Gasteiger partial charge in [0.1, 0.15) is 5.69 Å². The minimum atomic E-state index is -0.541. The SMILES string of the molecule is Cc1cc(C)c2cc(C(=O)OCC(=O)NC(C)c3ccccc3)[nH]c2c1. The van der Waals surface area contributed by atoms with Crippen LogP contribution in [0.3, 0.4) is 0 Å². The lowest BCUT2D eigenvalue weighted by molar-refractivity contribution is -0.124. The summed E-state index contributed by atoms with van der Waals surface area (Å²) in [5, 5.41) is 3.80. The predicted octanol–water partition coefficient (Wildman–Crippen LogP) is 3.82. The molecule has 1 atom stereocenters. The molecule has 0 saturated carbocycles.